The fourth-order valence-corrected chi connectivity index (χ4v) is 2.27. The van der Waals surface area contributed by atoms with E-state index in [2.05, 4.69) is 0 Å². The maximum atomic E-state index is 11.9. The van der Waals surface area contributed by atoms with E-state index in [9.17, 15) is 9.59 Å². The lowest BCUT2D eigenvalue weighted by Crippen LogP contribution is -2.31. The van der Waals surface area contributed by atoms with E-state index in [1.165, 1.54) is 4.90 Å². The van der Waals surface area contributed by atoms with Crippen molar-refractivity contribution in [3.8, 4) is 0 Å². The molecule has 1 aromatic rings. The number of ether oxygens (including phenoxy) is 1. The molecule has 96 valence electrons. The Hall–Kier alpha value is -1.39. The summed E-state index contributed by atoms with van der Waals surface area (Å²) in [7, 11) is 0. The highest BCUT2D eigenvalue weighted by atomic mass is 35.5. The van der Waals surface area contributed by atoms with Crippen LogP contribution in [0, 0.1) is 0 Å². The molecule has 1 aromatic carbocycles. The third-order valence-corrected chi connectivity index (χ3v) is 3.12. The molecule has 1 heterocycles. The number of hydrogen-bond acceptors (Lipinski definition) is 3. The highest BCUT2D eigenvalue weighted by Crippen LogP contribution is 2.35. The van der Waals surface area contributed by atoms with Crippen LogP contribution in [0.5, 0.6) is 0 Å². The van der Waals surface area contributed by atoms with E-state index in [0.29, 0.717) is 42.5 Å². The number of ketones is 1. The fourth-order valence-electron chi connectivity index (χ4n) is 1.99. The fraction of sp³-hybridized carbons (Fsp3) is 0.385. The van der Waals surface area contributed by atoms with Crippen LogP contribution in [0.1, 0.15) is 23.7 Å². The molecule has 4 nitrogen and oxygen atoms in total. The number of carbonyl (C=O) groups is 2. The van der Waals surface area contributed by atoms with Gasteiger partial charge in [0.15, 0.2) is 0 Å². The molecule has 2 rings (SSSR count). The third-order valence-electron chi connectivity index (χ3n) is 2.82. The number of nitrogens with zero attached hydrogens (tertiary/aromatic N) is 1. The van der Waals surface area contributed by atoms with E-state index in [1.807, 2.05) is 6.92 Å². The van der Waals surface area contributed by atoms with E-state index in [1.54, 1.807) is 18.2 Å². The van der Waals surface area contributed by atoms with Gasteiger partial charge in [0, 0.05) is 19.8 Å². The first-order valence-corrected chi connectivity index (χ1v) is 6.27. The zero-order valence-corrected chi connectivity index (χ0v) is 10.9. The second-order valence-electron chi connectivity index (χ2n) is 3.97. The van der Waals surface area contributed by atoms with Crippen molar-refractivity contribution in [1.29, 1.82) is 0 Å². The zero-order chi connectivity index (χ0) is 13.1. The van der Waals surface area contributed by atoms with Gasteiger partial charge in [0.2, 0.25) is 0 Å². The molecule has 1 aliphatic heterocycles. The molecule has 0 atom stereocenters. The second-order valence-corrected chi connectivity index (χ2v) is 4.38. The summed E-state index contributed by atoms with van der Waals surface area (Å²) in [6.07, 6.45) is 0.678. The van der Waals surface area contributed by atoms with Crippen LogP contribution in [0.3, 0.4) is 0 Å². The maximum Gasteiger partial charge on any atom is 0.299 e. The molecule has 0 spiro atoms. The first-order chi connectivity index (χ1) is 8.66. The number of fused-ring (bicyclic) bond motifs is 1. The lowest BCUT2D eigenvalue weighted by molar-refractivity contribution is -0.114. The molecule has 1 amide bonds. The molecule has 0 aliphatic carbocycles. The molecule has 5 heteroatoms. The summed E-state index contributed by atoms with van der Waals surface area (Å²) >= 11 is 6.06. The summed E-state index contributed by atoms with van der Waals surface area (Å²) in [6.45, 7) is 3.57. The van der Waals surface area contributed by atoms with Gasteiger partial charge in [-0.2, -0.15) is 0 Å². The van der Waals surface area contributed by atoms with Gasteiger partial charge in [-0.1, -0.05) is 17.7 Å². The average Bonchev–Trinajstić information content (AvgIpc) is 2.61. The minimum absolute atomic E-state index is 0.393. The lowest BCUT2D eigenvalue weighted by Gasteiger charge is -2.17. The summed E-state index contributed by atoms with van der Waals surface area (Å²) in [5.74, 6) is -0.987. The number of carbonyl (C=O) groups excluding carboxylic acids is 2. The molecule has 0 saturated carbocycles. The van der Waals surface area contributed by atoms with Gasteiger partial charge in [-0.05, 0) is 25.5 Å². The number of benzene rings is 1. The van der Waals surface area contributed by atoms with Crippen molar-refractivity contribution in [3.05, 3.63) is 28.8 Å². The molecule has 0 bridgehead atoms. The van der Waals surface area contributed by atoms with Crippen LogP contribution in [0.15, 0.2) is 18.2 Å². The number of halogens is 1. The highest BCUT2D eigenvalue weighted by Gasteiger charge is 2.36. The largest absolute Gasteiger partial charge is 0.382 e. The van der Waals surface area contributed by atoms with Gasteiger partial charge >= 0.3 is 0 Å². The van der Waals surface area contributed by atoms with Gasteiger partial charge < -0.3 is 9.64 Å². The van der Waals surface area contributed by atoms with Crippen LogP contribution in [0.4, 0.5) is 5.69 Å². The third kappa shape index (κ3) is 2.26. The predicted octanol–water partition coefficient (Wildman–Crippen LogP) is 2.30. The van der Waals surface area contributed by atoms with Crippen molar-refractivity contribution >= 4 is 29.0 Å². The topological polar surface area (TPSA) is 46.6 Å². The van der Waals surface area contributed by atoms with Crippen LogP contribution < -0.4 is 4.90 Å². The Labute approximate surface area is 110 Å². The Kier molecular flexibility index (Phi) is 3.99. The number of amides is 1. The van der Waals surface area contributed by atoms with Gasteiger partial charge in [-0.15, -0.1) is 0 Å². The van der Waals surface area contributed by atoms with E-state index in [-0.39, 0.29) is 0 Å². The molecule has 18 heavy (non-hydrogen) atoms. The summed E-state index contributed by atoms with van der Waals surface area (Å²) in [6, 6.07) is 4.99. The van der Waals surface area contributed by atoms with E-state index in [0.717, 1.165) is 0 Å². The van der Waals surface area contributed by atoms with E-state index in [4.69, 9.17) is 16.3 Å². The normalized spacial score (nSPS) is 14.2. The van der Waals surface area contributed by atoms with Crippen LogP contribution in [0.2, 0.25) is 5.02 Å². The van der Waals surface area contributed by atoms with Crippen LogP contribution in [0.25, 0.3) is 0 Å². The maximum absolute atomic E-state index is 11.9. The number of anilines is 1. The van der Waals surface area contributed by atoms with Gasteiger partial charge in [-0.25, -0.2) is 0 Å². The van der Waals surface area contributed by atoms with Crippen molar-refractivity contribution in [2.45, 2.75) is 13.3 Å². The number of Topliss-reactive ketones (excluding diaryl/α,β-unsaturated/α-hetero) is 1. The van der Waals surface area contributed by atoms with Crippen molar-refractivity contribution < 1.29 is 14.3 Å². The van der Waals surface area contributed by atoms with Gasteiger partial charge in [0.25, 0.3) is 11.7 Å². The molecule has 0 unspecified atom stereocenters. The summed E-state index contributed by atoms with van der Waals surface area (Å²) in [4.78, 5) is 25.1. The van der Waals surface area contributed by atoms with Crippen molar-refractivity contribution in [1.82, 2.24) is 0 Å². The molecule has 0 saturated heterocycles. The second kappa shape index (κ2) is 5.50. The summed E-state index contributed by atoms with van der Waals surface area (Å²) < 4.78 is 5.22. The first-order valence-electron chi connectivity index (χ1n) is 5.89. The van der Waals surface area contributed by atoms with Crippen molar-refractivity contribution in [3.63, 3.8) is 0 Å². The van der Waals surface area contributed by atoms with Gasteiger partial charge in [0.05, 0.1) is 16.3 Å². The SMILES string of the molecule is CCOCCCN1C(=O)C(=O)c2cccc(Cl)c21. The molecule has 0 radical (unpaired) electrons. The lowest BCUT2D eigenvalue weighted by atomic mass is 10.1. The van der Waals surface area contributed by atoms with Gasteiger partial charge in [0.1, 0.15) is 0 Å². The van der Waals surface area contributed by atoms with Crippen molar-refractivity contribution in [2.24, 2.45) is 0 Å². The molecule has 0 aromatic heterocycles. The number of hydrogen-bond donors (Lipinski definition) is 0. The Morgan fingerprint density at radius 2 is 2.11 bits per heavy atom. The smallest absolute Gasteiger partial charge is 0.299 e. The molecule has 0 N–H and O–H groups in total. The van der Waals surface area contributed by atoms with E-state index < -0.39 is 11.7 Å². The Bertz CT molecular complexity index is 487. The predicted molar refractivity (Wildman–Crippen MR) is 69.2 cm³/mol. The monoisotopic (exact) mass is 267 g/mol. The van der Waals surface area contributed by atoms with Crippen LogP contribution >= 0.6 is 11.6 Å². The average molecular weight is 268 g/mol. The zero-order valence-electron chi connectivity index (χ0n) is 10.1. The van der Waals surface area contributed by atoms with Crippen molar-refractivity contribution in [2.75, 3.05) is 24.7 Å². The van der Waals surface area contributed by atoms with Crippen LogP contribution in [-0.2, 0) is 9.53 Å². The first kappa shape index (κ1) is 13.1. The number of rotatable bonds is 5. The quantitative estimate of drug-likeness (QED) is 0.607. The Balaban J connectivity index is 2.17. The Morgan fingerprint density at radius 3 is 2.83 bits per heavy atom. The molecule has 0 fully saturated rings. The standard InChI is InChI=1S/C13H14ClNO3/c1-2-18-8-4-7-15-11-9(12(16)13(15)17)5-3-6-10(11)14/h3,5-6H,2,4,7-8H2,1H3. The van der Waals surface area contributed by atoms with E-state index >= 15 is 0 Å². The van der Waals surface area contributed by atoms with Gasteiger partial charge in [-0.3, -0.25) is 9.59 Å². The molecular formula is C13H14ClNO3. The minimum atomic E-state index is -0.505. The summed E-state index contributed by atoms with van der Waals surface area (Å²) in [5.41, 5.74) is 0.926. The number of para-hydroxylation sites is 1. The molecular weight excluding hydrogens is 254 g/mol. The highest BCUT2D eigenvalue weighted by molar-refractivity contribution is 6.54. The minimum Gasteiger partial charge on any atom is -0.382 e. The van der Waals surface area contributed by atoms with Crippen LogP contribution in [-0.4, -0.2) is 31.4 Å². The summed E-state index contributed by atoms with van der Waals surface area (Å²) in [5, 5.41) is 0.433. The molecule has 1 aliphatic rings. The Morgan fingerprint density at radius 1 is 1.33 bits per heavy atom.